The van der Waals surface area contributed by atoms with Gasteiger partial charge in [0.05, 0.1) is 0 Å². The van der Waals surface area contributed by atoms with Crippen molar-refractivity contribution in [3.8, 4) is 0 Å². The Kier molecular flexibility index (Phi) is 5.51. The van der Waals surface area contributed by atoms with Crippen LogP contribution in [-0.2, 0) is 6.54 Å². The molecule has 0 spiro atoms. The number of likely N-dealkylation sites (N-methyl/N-ethyl adjacent to an activating group) is 1. The first-order chi connectivity index (χ1) is 12.0. The molecule has 0 saturated carbocycles. The van der Waals surface area contributed by atoms with E-state index in [0.29, 0.717) is 5.56 Å². The number of piperazine rings is 1. The van der Waals surface area contributed by atoms with Crippen LogP contribution in [0.4, 0.5) is 5.69 Å². The van der Waals surface area contributed by atoms with Crippen LogP contribution in [0.3, 0.4) is 0 Å². The standard InChI is InChI=1S/C21H27N3O/c1-16-4-6-18(7-5-16)21(25)22-20-9-8-19(17(2)14-20)15-24-12-10-23(3)11-13-24/h4-9,14H,10-13,15H2,1-3H3,(H,22,25). The number of hydrogen-bond acceptors (Lipinski definition) is 3. The largest absolute Gasteiger partial charge is 0.322 e. The maximum Gasteiger partial charge on any atom is 0.255 e. The number of benzene rings is 2. The molecule has 132 valence electrons. The van der Waals surface area contributed by atoms with Crippen molar-refractivity contribution in [1.29, 1.82) is 0 Å². The van der Waals surface area contributed by atoms with Crippen LogP contribution < -0.4 is 5.32 Å². The van der Waals surface area contributed by atoms with E-state index in [2.05, 4.69) is 41.2 Å². The van der Waals surface area contributed by atoms with E-state index in [1.165, 1.54) is 11.1 Å². The van der Waals surface area contributed by atoms with Crippen LogP contribution in [-0.4, -0.2) is 48.9 Å². The maximum atomic E-state index is 12.3. The van der Waals surface area contributed by atoms with Gasteiger partial charge in [0.2, 0.25) is 0 Å². The molecule has 1 aliphatic heterocycles. The quantitative estimate of drug-likeness (QED) is 0.930. The average molecular weight is 337 g/mol. The fourth-order valence-electron chi connectivity index (χ4n) is 3.11. The van der Waals surface area contributed by atoms with Crippen molar-refractivity contribution in [3.63, 3.8) is 0 Å². The van der Waals surface area contributed by atoms with Gasteiger partial charge >= 0.3 is 0 Å². The normalized spacial score (nSPS) is 16.0. The topological polar surface area (TPSA) is 35.6 Å². The Hall–Kier alpha value is -2.17. The smallest absolute Gasteiger partial charge is 0.255 e. The monoisotopic (exact) mass is 337 g/mol. The molecule has 3 rings (SSSR count). The number of nitrogens with one attached hydrogen (secondary N) is 1. The summed E-state index contributed by atoms with van der Waals surface area (Å²) >= 11 is 0. The number of amides is 1. The Labute approximate surface area is 150 Å². The van der Waals surface area contributed by atoms with E-state index in [1.807, 2.05) is 37.3 Å². The van der Waals surface area contributed by atoms with Gasteiger partial charge in [0.25, 0.3) is 5.91 Å². The van der Waals surface area contributed by atoms with E-state index in [0.717, 1.165) is 44.0 Å². The molecule has 0 aromatic heterocycles. The molecule has 1 saturated heterocycles. The maximum absolute atomic E-state index is 12.3. The van der Waals surface area contributed by atoms with E-state index in [-0.39, 0.29) is 5.91 Å². The Morgan fingerprint density at radius 2 is 1.68 bits per heavy atom. The lowest BCUT2D eigenvalue weighted by Gasteiger charge is -2.32. The summed E-state index contributed by atoms with van der Waals surface area (Å²) in [6, 6.07) is 13.8. The van der Waals surface area contributed by atoms with E-state index >= 15 is 0 Å². The molecule has 2 aromatic rings. The van der Waals surface area contributed by atoms with Gasteiger partial charge < -0.3 is 10.2 Å². The second kappa shape index (κ2) is 7.81. The van der Waals surface area contributed by atoms with Gasteiger partial charge in [-0.25, -0.2) is 0 Å². The fourth-order valence-corrected chi connectivity index (χ4v) is 3.11. The first-order valence-corrected chi connectivity index (χ1v) is 8.90. The molecule has 0 atom stereocenters. The van der Waals surface area contributed by atoms with Gasteiger partial charge in [0.1, 0.15) is 0 Å². The highest BCUT2D eigenvalue weighted by molar-refractivity contribution is 6.04. The predicted octanol–water partition coefficient (Wildman–Crippen LogP) is 3.30. The van der Waals surface area contributed by atoms with Crippen LogP contribution in [0.2, 0.25) is 0 Å². The van der Waals surface area contributed by atoms with Crippen LogP contribution in [0.1, 0.15) is 27.0 Å². The van der Waals surface area contributed by atoms with Gasteiger partial charge in [-0.15, -0.1) is 0 Å². The van der Waals surface area contributed by atoms with Crippen LogP contribution in [0.25, 0.3) is 0 Å². The van der Waals surface area contributed by atoms with Gasteiger partial charge in [0, 0.05) is 44.0 Å². The summed E-state index contributed by atoms with van der Waals surface area (Å²) in [6.07, 6.45) is 0. The number of hydrogen-bond donors (Lipinski definition) is 1. The molecule has 4 nitrogen and oxygen atoms in total. The lowest BCUT2D eigenvalue weighted by Crippen LogP contribution is -2.43. The van der Waals surface area contributed by atoms with E-state index in [9.17, 15) is 4.79 Å². The average Bonchev–Trinajstić information content (AvgIpc) is 2.60. The molecule has 1 N–H and O–H groups in total. The molecule has 1 aliphatic rings. The highest BCUT2D eigenvalue weighted by Gasteiger charge is 2.15. The molecule has 0 aliphatic carbocycles. The zero-order valence-corrected chi connectivity index (χ0v) is 15.4. The van der Waals surface area contributed by atoms with E-state index < -0.39 is 0 Å². The summed E-state index contributed by atoms with van der Waals surface area (Å²) in [6.45, 7) is 9.60. The van der Waals surface area contributed by atoms with Crippen molar-refractivity contribution in [2.75, 3.05) is 38.5 Å². The molecule has 4 heteroatoms. The second-order valence-electron chi connectivity index (χ2n) is 7.04. The summed E-state index contributed by atoms with van der Waals surface area (Å²) in [4.78, 5) is 17.2. The number of aryl methyl sites for hydroxylation is 2. The molecule has 1 heterocycles. The van der Waals surface area contributed by atoms with Crippen molar-refractivity contribution in [3.05, 3.63) is 64.7 Å². The summed E-state index contributed by atoms with van der Waals surface area (Å²) in [7, 11) is 2.17. The Balaban J connectivity index is 1.63. The van der Waals surface area contributed by atoms with Gasteiger partial charge in [-0.3, -0.25) is 9.69 Å². The van der Waals surface area contributed by atoms with Crippen LogP contribution in [0.5, 0.6) is 0 Å². The Morgan fingerprint density at radius 3 is 2.32 bits per heavy atom. The molecule has 1 fully saturated rings. The predicted molar refractivity (Wildman–Crippen MR) is 103 cm³/mol. The summed E-state index contributed by atoms with van der Waals surface area (Å²) in [5.74, 6) is -0.0637. The minimum Gasteiger partial charge on any atom is -0.322 e. The van der Waals surface area contributed by atoms with Crippen LogP contribution >= 0.6 is 0 Å². The first kappa shape index (κ1) is 17.6. The van der Waals surface area contributed by atoms with Crippen LogP contribution in [0, 0.1) is 13.8 Å². The summed E-state index contributed by atoms with van der Waals surface area (Å²) in [5, 5.41) is 3.00. The molecule has 25 heavy (non-hydrogen) atoms. The molecule has 2 aromatic carbocycles. The molecule has 0 bridgehead atoms. The first-order valence-electron chi connectivity index (χ1n) is 8.90. The lowest BCUT2D eigenvalue weighted by atomic mass is 10.1. The molecule has 1 amide bonds. The third kappa shape index (κ3) is 4.68. The zero-order valence-electron chi connectivity index (χ0n) is 15.4. The third-order valence-electron chi connectivity index (χ3n) is 4.90. The number of rotatable bonds is 4. The molecule has 0 unspecified atom stereocenters. The SMILES string of the molecule is Cc1ccc(C(=O)Nc2ccc(CN3CCN(C)CC3)c(C)c2)cc1. The zero-order chi connectivity index (χ0) is 17.8. The lowest BCUT2D eigenvalue weighted by molar-refractivity contribution is 0.102. The van der Waals surface area contributed by atoms with Crippen molar-refractivity contribution >= 4 is 11.6 Å². The minimum absolute atomic E-state index is 0.0637. The number of carbonyl (C=O) groups excluding carboxylic acids is 1. The molecular weight excluding hydrogens is 310 g/mol. The summed E-state index contributed by atoms with van der Waals surface area (Å²) in [5.41, 5.74) is 5.24. The molecule has 0 radical (unpaired) electrons. The van der Waals surface area contributed by atoms with Crippen molar-refractivity contribution in [2.24, 2.45) is 0 Å². The van der Waals surface area contributed by atoms with Gasteiger partial charge in [0.15, 0.2) is 0 Å². The second-order valence-corrected chi connectivity index (χ2v) is 7.04. The number of anilines is 1. The third-order valence-corrected chi connectivity index (χ3v) is 4.90. The van der Waals surface area contributed by atoms with Gasteiger partial charge in [-0.2, -0.15) is 0 Å². The van der Waals surface area contributed by atoms with E-state index in [4.69, 9.17) is 0 Å². The summed E-state index contributed by atoms with van der Waals surface area (Å²) < 4.78 is 0. The van der Waals surface area contributed by atoms with Gasteiger partial charge in [-0.05, 0) is 56.3 Å². The number of nitrogens with zero attached hydrogens (tertiary/aromatic N) is 2. The Morgan fingerprint density at radius 1 is 1.00 bits per heavy atom. The van der Waals surface area contributed by atoms with Crippen molar-refractivity contribution in [1.82, 2.24) is 9.80 Å². The van der Waals surface area contributed by atoms with Crippen LogP contribution in [0.15, 0.2) is 42.5 Å². The van der Waals surface area contributed by atoms with E-state index in [1.54, 1.807) is 0 Å². The minimum atomic E-state index is -0.0637. The number of carbonyl (C=O) groups is 1. The molecular formula is C21H27N3O. The van der Waals surface area contributed by atoms with Crippen molar-refractivity contribution < 1.29 is 4.79 Å². The van der Waals surface area contributed by atoms with Gasteiger partial charge in [-0.1, -0.05) is 23.8 Å². The fraction of sp³-hybridized carbons (Fsp3) is 0.381. The van der Waals surface area contributed by atoms with Crippen molar-refractivity contribution in [2.45, 2.75) is 20.4 Å². The Bertz CT molecular complexity index is 731. The highest BCUT2D eigenvalue weighted by Crippen LogP contribution is 2.18. The highest BCUT2D eigenvalue weighted by atomic mass is 16.1.